The van der Waals surface area contributed by atoms with Gasteiger partial charge in [0.05, 0.1) is 0 Å². The molecule has 0 saturated carbocycles. The number of hydrogen-bond donors (Lipinski definition) is 1. The highest BCUT2D eigenvalue weighted by molar-refractivity contribution is 4.98. The number of hydrogen-bond acceptors (Lipinski definition) is 3. The number of nitrogens with one attached hydrogen (secondary N) is 1. The quantitative estimate of drug-likeness (QED) is 0.635. The zero-order chi connectivity index (χ0) is 9.60. The van der Waals surface area contributed by atoms with Crippen molar-refractivity contribution in [2.24, 2.45) is 5.41 Å². The van der Waals surface area contributed by atoms with E-state index in [2.05, 4.69) is 22.2 Å². The van der Waals surface area contributed by atoms with Crippen molar-refractivity contribution in [1.82, 2.24) is 15.1 Å². The van der Waals surface area contributed by atoms with Gasteiger partial charge in [-0.05, 0) is 38.4 Å². The maximum atomic E-state index is 3.42. The van der Waals surface area contributed by atoms with Crippen molar-refractivity contribution in [3.05, 3.63) is 0 Å². The second-order valence-electron chi connectivity index (χ2n) is 5.51. The monoisotopic (exact) mass is 195 g/mol. The van der Waals surface area contributed by atoms with Gasteiger partial charge < -0.3 is 10.2 Å². The molecule has 3 aliphatic heterocycles. The van der Waals surface area contributed by atoms with E-state index in [1.54, 1.807) is 0 Å². The predicted molar refractivity (Wildman–Crippen MR) is 57.4 cm³/mol. The first-order valence-corrected chi connectivity index (χ1v) is 5.91. The van der Waals surface area contributed by atoms with Crippen molar-refractivity contribution in [2.75, 3.05) is 46.3 Å². The molecule has 0 aliphatic carbocycles. The van der Waals surface area contributed by atoms with Crippen LogP contribution in [0.4, 0.5) is 0 Å². The summed E-state index contributed by atoms with van der Waals surface area (Å²) in [5, 5.41) is 3.42. The van der Waals surface area contributed by atoms with E-state index in [0.29, 0.717) is 5.41 Å². The summed E-state index contributed by atoms with van der Waals surface area (Å²) in [6.07, 6.45) is 2.86. The van der Waals surface area contributed by atoms with Gasteiger partial charge in [0.25, 0.3) is 0 Å². The molecular formula is C11H21N3. The van der Waals surface area contributed by atoms with Crippen molar-refractivity contribution in [1.29, 1.82) is 0 Å². The molecule has 80 valence electrons. The van der Waals surface area contributed by atoms with Crippen molar-refractivity contribution in [3.63, 3.8) is 0 Å². The third-order valence-electron chi connectivity index (χ3n) is 4.42. The molecule has 0 bridgehead atoms. The van der Waals surface area contributed by atoms with Crippen LogP contribution in [-0.4, -0.2) is 62.2 Å². The lowest BCUT2D eigenvalue weighted by molar-refractivity contribution is -0.0108. The van der Waals surface area contributed by atoms with Gasteiger partial charge in [0.15, 0.2) is 0 Å². The minimum absolute atomic E-state index is 0.714. The largest absolute Gasteiger partial charge is 0.316 e. The average molecular weight is 195 g/mol. The van der Waals surface area contributed by atoms with Gasteiger partial charge in [-0.3, -0.25) is 4.90 Å². The van der Waals surface area contributed by atoms with E-state index in [1.807, 2.05) is 0 Å². The normalized spacial score (nSPS) is 34.1. The molecule has 3 rings (SSSR count). The maximum Gasteiger partial charge on any atom is 0.0350 e. The van der Waals surface area contributed by atoms with E-state index in [-0.39, 0.29) is 0 Å². The molecule has 0 unspecified atom stereocenters. The fraction of sp³-hybridized carbons (Fsp3) is 1.00. The molecule has 3 saturated heterocycles. The van der Waals surface area contributed by atoms with Crippen LogP contribution in [0.2, 0.25) is 0 Å². The van der Waals surface area contributed by atoms with Crippen LogP contribution in [0, 0.1) is 5.41 Å². The number of piperidine rings is 1. The molecule has 0 aromatic carbocycles. The standard InChI is InChI=1S/C11H21N3/c1-13-6-10(7-13)14-4-2-11(3-5-14)8-12-9-11/h10,12H,2-9H2,1H3. The van der Waals surface area contributed by atoms with E-state index in [9.17, 15) is 0 Å². The van der Waals surface area contributed by atoms with Crippen LogP contribution in [0.1, 0.15) is 12.8 Å². The lowest BCUT2D eigenvalue weighted by Gasteiger charge is -2.52. The zero-order valence-corrected chi connectivity index (χ0v) is 9.13. The Bertz CT molecular complexity index is 209. The first-order chi connectivity index (χ1) is 6.77. The van der Waals surface area contributed by atoms with Crippen LogP contribution in [-0.2, 0) is 0 Å². The van der Waals surface area contributed by atoms with E-state index < -0.39 is 0 Å². The molecule has 3 nitrogen and oxygen atoms in total. The topological polar surface area (TPSA) is 18.5 Å². The minimum Gasteiger partial charge on any atom is -0.316 e. The van der Waals surface area contributed by atoms with E-state index in [4.69, 9.17) is 0 Å². The van der Waals surface area contributed by atoms with Crippen LogP contribution in [0.25, 0.3) is 0 Å². The second-order valence-corrected chi connectivity index (χ2v) is 5.51. The summed E-state index contributed by atoms with van der Waals surface area (Å²) in [5.74, 6) is 0. The van der Waals surface area contributed by atoms with Crippen LogP contribution < -0.4 is 5.32 Å². The Morgan fingerprint density at radius 3 is 2.21 bits per heavy atom. The highest BCUT2D eigenvalue weighted by Gasteiger charge is 2.42. The van der Waals surface area contributed by atoms with Crippen molar-refractivity contribution in [3.8, 4) is 0 Å². The molecule has 0 aromatic heterocycles. The van der Waals surface area contributed by atoms with E-state index in [0.717, 1.165) is 6.04 Å². The third kappa shape index (κ3) is 1.38. The zero-order valence-electron chi connectivity index (χ0n) is 9.13. The van der Waals surface area contributed by atoms with Gasteiger partial charge in [0.2, 0.25) is 0 Å². The summed E-state index contributed by atoms with van der Waals surface area (Å²) in [7, 11) is 2.22. The number of likely N-dealkylation sites (N-methyl/N-ethyl adjacent to an activating group) is 1. The van der Waals surface area contributed by atoms with Crippen molar-refractivity contribution in [2.45, 2.75) is 18.9 Å². The van der Waals surface area contributed by atoms with Crippen LogP contribution in [0.3, 0.4) is 0 Å². The molecule has 3 aliphatic rings. The fourth-order valence-corrected chi connectivity index (χ4v) is 3.09. The number of nitrogens with zero attached hydrogens (tertiary/aromatic N) is 2. The lowest BCUT2D eigenvalue weighted by Crippen LogP contribution is -2.63. The summed E-state index contributed by atoms with van der Waals surface area (Å²) >= 11 is 0. The fourth-order valence-electron chi connectivity index (χ4n) is 3.09. The van der Waals surface area contributed by atoms with Gasteiger partial charge in [-0.2, -0.15) is 0 Å². The Morgan fingerprint density at radius 2 is 1.79 bits per heavy atom. The van der Waals surface area contributed by atoms with E-state index >= 15 is 0 Å². The van der Waals surface area contributed by atoms with E-state index in [1.165, 1.54) is 52.1 Å². The molecule has 3 heterocycles. The molecule has 0 amide bonds. The third-order valence-corrected chi connectivity index (χ3v) is 4.42. The molecule has 1 spiro atoms. The van der Waals surface area contributed by atoms with Gasteiger partial charge in [0.1, 0.15) is 0 Å². The molecule has 0 atom stereocenters. The first kappa shape index (κ1) is 9.13. The minimum atomic E-state index is 0.714. The van der Waals surface area contributed by atoms with Crippen LogP contribution >= 0.6 is 0 Å². The molecule has 0 radical (unpaired) electrons. The van der Waals surface area contributed by atoms with Gasteiger partial charge in [0, 0.05) is 32.2 Å². The van der Waals surface area contributed by atoms with Crippen molar-refractivity contribution < 1.29 is 0 Å². The van der Waals surface area contributed by atoms with Gasteiger partial charge in [-0.1, -0.05) is 0 Å². The summed E-state index contributed by atoms with van der Waals surface area (Å²) in [6, 6.07) is 0.880. The second kappa shape index (κ2) is 3.19. The first-order valence-electron chi connectivity index (χ1n) is 5.91. The molecule has 1 N–H and O–H groups in total. The highest BCUT2D eigenvalue weighted by Crippen LogP contribution is 2.36. The van der Waals surface area contributed by atoms with Gasteiger partial charge >= 0.3 is 0 Å². The molecule has 0 aromatic rings. The summed E-state index contributed by atoms with van der Waals surface area (Å²) < 4.78 is 0. The number of rotatable bonds is 1. The molecule has 14 heavy (non-hydrogen) atoms. The summed E-state index contributed by atoms with van der Waals surface area (Å²) in [6.45, 7) is 7.85. The Hall–Kier alpha value is -0.120. The summed E-state index contributed by atoms with van der Waals surface area (Å²) in [4.78, 5) is 5.13. The molecular weight excluding hydrogens is 174 g/mol. The predicted octanol–water partition coefficient (Wildman–Crippen LogP) is -0.0142. The lowest BCUT2D eigenvalue weighted by atomic mass is 9.73. The van der Waals surface area contributed by atoms with Gasteiger partial charge in [-0.25, -0.2) is 0 Å². The molecule has 3 heteroatoms. The smallest absolute Gasteiger partial charge is 0.0350 e. The van der Waals surface area contributed by atoms with Crippen molar-refractivity contribution >= 4 is 0 Å². The highest BCUT2D eigenvalue weighted by atomic mass is 15.3. The summed E-state index contributed by atoms with van der Waals surface area (Å²) in [5.41, 5.74) is 0.714. The van der Waals surface area contributed by atoms with Crippen LogP contribution in [0.15, 0.2) is 0 Å². The van der Waals surface area contributed by atoms with Gasteiger partial charge in [-0.15, -0.1) is 0 Å². The SMILES string of the molecule is CN1CC(N2CCC3(CC2)CNC3)C1. The Balaban J connectivity index is 1.51. The Labute approximate surface area is 86.4 Å². The Morgan fingerprint density at radius 1 is 1.14 bits per heavy atom. The Kier molecular flexibility index (Phi) is 2.08. The average Bonchev–Trinajstić information content (AvgIpc) is 2.11. The van der Waals surface area contributed by atoms with Crippen LogP contribution in [0.5, 0.6) is 0 Å². The maximum absolute atomic E-state index is 3.42. The number of likely N-dealkylation sites (tertiary alicyclic amines) is 2. The molecule has 3 fully saturated rings.